The Bertz CT molecular complexity index is 225. The maximum absolute atomic E-state index is 11.7. The van der Waals surface area contributed by atoms with Crippen molar-refractivity contribution in [3.05, 3.63) is 0 Å². The summed E-state index contributed by atoms with van der Waals surface area (Å²) in [5.74, 6) is 1.03. The molecule has 1 amide bonds. The minimum absolute atomic E-state index is 0.177. The molecule has 2 aliphatic rings. The predicted molar refractivity (Wildman–Crippen MR) is 49.1 cm³/mol. The number of nitrogens with zero attached hydrogens (tertiary/aromatic N) is 1. The smallest absolute Gasteiger partial charge is 0.225 e. The van der Waals surface area contributed by atoms with E-state index in [1.54, 1.807) is 11.8 Å². The van der Waals surface area contributed by atoms with Crippen LogP contribution in [0.15, 0.2) is 0 Å². The fourth-order valence-electron chi connectivity index (χ4n) is 2.02. The van der Waals surface area contributed by atoms with Gasteiger partial charge in [0.05, 0.1) is 18.7 Å². The van der Waals surface area contributed by atoms with Crippen LogP contribution in [0.5, 0.6) is 0 Å². The van der Waals surface area contributed by atoms with Gasteiger partial charge in [-0.05, 0) is 25.7 Å². The number of carbonyl (C=O) groups is 1. The molecule has 13 heavy (non-hydrogen) atoms. The highest BCUT2D eigenvalue weighted by Gasteiger charge is 2.43. The van der Waals surface area contributed by atoms with E-state index in [0.717, 1.165) is 0 Å². The third-order valence-corrected chi connectivity index (χ3v) is 3.09. The fraction of sp³-hybridized carbons (Fsp3) is 0.900. The molecule has 0 aromatic heterocycles. The van der Waals surface area contributed by atoms with Crippen molar-refractivity contribution in [2.45, 2.75) is 32.3 Å². The summed E-state index contributed by atoms with van der Waals surface area (Å²) in [6.07, 6.45) is 2.41. The van der Waals surface area contributed by atoms with Crippen LogP contribution in [0, 0.1) is 11.8 Å². The maximum Gasteiger partial charge on any atom is 0.225 e. The van der Waals surface area contributed by atoms with Crippen LogP contribution >= 0.6 is 0 Å². The summed E-state index contributed by atoms with van der Waals surface area (Å²) < 4.78 is 0. The van der Waals surface area contributed by atoms with Crippen LogP contribution in [0.2, 0.25) is 0 Å². The third-order valence-electron chi connectivity index (χ3n) is 3.09. The first-order chi connectivity index (χ1) is 5.99. The minimum atomic E-state index is -0.626. The molecule has 1 aliphatic heterocycles. The number of amides is 1. The SMILES string of the molecule is CC(C(=O)N1CC(C)(O)C1)C1CC1. The summed E-state index contributed by atoms with van der Waals surface area (Å²) in [6, 6.07) is 0. The maximum atomic E-state index is 11.7. The van der Waals surface area contributed by atoms with Crippen molar-refractivity contribution in [2.24, 2.45) is 11.8 Å². The number of aliphatic hydroxyl groups is 1. The van der Waals surface area contributed by atoms with Crippen LogP contribution in [0.4, 0.5) is 0 Å². The lowest BCUT2D eigenvalue weighted by atomic mass is 9.93. The average Bonchev–Trinajstić information content (AvgIpc) is 2.79. The van der Waals surface area contributed by atoms with Crippen molar-refractivity contribution >= 4 is 5.91 Å². The Hall–Kier alpha value is -0.570. The van der Waals surface area contributed by atoms with Crippen LogP contribution in [0.1, 0.15) is 26.7 Å². The van der Waals surface area contributed by atoms with Gasteiger partial charge in [-0.25, -0.2) is 0 Å². The molecule has 0 spiro atoms. The highest BCUT2D eigenvalue weighted by atomic mass is 16.3. The molecule has 3 nitrogen and oxygen atoms in total. The Morgan fingerprint density at radius 3 is 2.46 bits per heavy atom. The molecule has 1 saturated carbocycles. The van der Waals surface area contributed by atoms with Crippen molar-refractivity contribution in [2.75, 3.05) is 13.1 Å². The van der Waals surface area contributed by atoms with Crippen molar-refractivity contribution in [3.8, 4) is 0 Å². The van der Waals surface area contributed by atoms with Crippen molar-refractivity contribution < 1.29 is 9.90 Å². The summed E-state index contributed by atoms with van der Waals surface area (Å²) >= 11 is 0. The summed E-state index contributed by atoms with van der Waals surface area (Å²) in [5.41, 5.74) is -0.626. The second-order valence-electron chi connectivity index (χ2n) is 4.82. The topological polar surface area (TPSA) is 40.5 Å². The Morgan fingerprint density at radius 1 is 1.54 bits per heavy atom. The van der Waals surface area contributed by atoms with Gasteiger partial charge >= 0.3 is 0 Å². The number of hydrogen-bond acceptors (Lipinski definition) is 2. The highest BCUT2D eigenvalue weighted by molar-refractivity contribution is 5.80. The van der Waals surface area contributed by atoms with Gasteiger partial charge in [0, 0.05) is 5.92 Å². The summed E-state index contributed by atoms with van der Waals surface area (Å²) in [4.78, 5) is 13.5. The van der Waals surface area contributed by atoms with Crippen LogP contribution < -0.4 is 0 Å². The van der Waals surface area contributed by atoms with E-state index in [0.29, 0.717) is 19.0 Å². The first-order valence-electron chi connectivity index (χ1n) is 5.01. The van der Waals surface area contributed by atoms with Gasteiger partial charge in [-0.1, -0.05) is 6.92 Å². The predicted octanol–water partition coefficient (Wildman–Crippen LogP) is 0.626. The van der Waals surface area contributed by atoms with E-state index in [9.17, 15) is 9.90 Å². The minimum Gasteiger partial charge on any atom is -0.386 e. The average molecular weight is 183 g/mol. The van der Waals surface area contributed by atoms with Gasteiger partial charge in [0.2, 0.25) is 5.91 Å². The molecule has 0 aromatic carbocycles. The monoisotopic (exact) mass is 183 g/mol. The van der Waals surface area contributed by atoms with Crippen molar-refractivity contribution in [3.63, 3.8) is 0 Å². The van der Waals surface area contributed by atoms with E-state index < -0.39 is 5.60 Å². The summed E-state index contributed by atoms with van der Waals surface area (Å²) in [5, 5.41) is 9.47. The first-order valence-corrected chi connectivity index (χ1v) is 5.01. The molecule has 2 rings (SSSR count). The van der Waals surface area contributed by atoms with Gasteiger partial charge in [-0.2, -0.15) is 0 Å². The number of β-amino-alcohol motifs (C(OH)–C–C–N with tert-alkyl or cyclic N) is 1. The molecule has 1 unspecified atom stereocenters. The first kappa shape index (κ1) is 9.00. The Balaban J connectivity index is 1.85. The molecule has 1 saturated heterocycles. The zero-order chi connectivity index (χ0) is 9.64. The van der Waals surface area contributed by atoms with Gasteiger partial charge in [0.1, 0.15) is 0 Å². The van der Waals surface area contributed by atoms with E-state index in [4.69, 9.17) is 0 Å². The van der Waals surface area contributed by atoms with Crippen LogP contribution in [0.25, 0.3) is 0 Å². The number of carbonyl (C=O) groups excluding carboxylic acids is 1. The van der Waals surface area contributed by atoms with Crippen molar-refractivity contribution in [1.82, 2.24) is 4.90 Å². The van der Waals surface area contributed by atoms with Crippen molar-refractivity contribution in [1.29, 1.82) is 0 Å². The van der Waals surface area contributed by atoms with Crippen LogP contribution in [-0.2, 0) is 4.79 Å². The lowest BCUT2D eigenvalue weighted by molar-refractivity contribution is -0.156. The van der Waals surface area contributed by atoms with E-state index in [2.05, 4.69) is 0 Å². The molecule has 0 aromatic rings. The van der Waals surface area contributed by atoms with Crippen LogP contribution in [-0.4, -0.2) is 34.6 Å². The molecule has 74 valence electrons. The molecule has 1 aliphatic carbocycles. The molecule has 0 bridgehead atoms. The normalized spacial score (nSPS) is 28.1. The molecule has 1 N–H and O–H groups in total. The highest BCUT2D eigenvalue weighted by Crippen LogP contribution is 2.38. The van der Waals surface area contributed by atoms with Gasteiger partial charge in [-0.3, -0.25) is 4.79 Å². The van der Waals surface area contributed by atoms with E-state index in [1.807, 2.05) is 6.92 Å². The molecule has 1 heterocycles. The van der Waals surface area contributed by atoms with Gasteiger partial charge in [0.25, 0.3) is 0 Å². The lowest BCUT2D eigenvalue weighted by Gasteiger charge is -2.45. The largest absolute Gasteiger partial charge is 0.386 e. The van der Waals surface area contributed by atoms with E-state index >= 15 is 0 Å². The van der Waals surface area contributed by atoms with E-state index in [-0.39, 0.29) is 11.8 Å². The fourth-order valence-corrected chi connectivity index (χ4v) is 2.02. The lowest BCUT2D eigenvalue weighted by Crippen LogP contribution is -2.62. The molecule has 0 radical (unpaired) electrons. The molecule has 3 heteroatoms. The van der Waals surface area contributed by atoms with Gasteiger partial charge in [-0.15, -0.1) is 0 Å². The van der Waals surface area contributed by atoms with Crippen LogP contribution in [0.3, 0.4) is 0 Å². The second kappa shape index (κ2) is 2.71. The van der Waals surface area contributed by atoms with Gasteiger partial charge in [0.15, 0.2) is 0 Å². The zero-order valence-corrected chi connectivity index (χ0v) is 8.29. The third kappa shape index (κ3) is 1.70. The number of hydrogen-bond donors (Lipinski definition) is 1. The molecule has 2 fully saturated rings. The summed E-state index contributed by atoms with van der Waals surface area (Å²) in [6.45, 7) is 4.82. The Labute approximate surface area is 78.7 Å². The standard InChI is InChI=1S/C10H17NO2/c1-7(8-3-4-8)9(12)11-5-10(2,13)6-11/h7-8,13H,3-6H2,1-2H3. The zero-order valence-electron chi connectivity index (χ0n) is 8.29. The molecular weight excluding hydrogens is 166 g/mol. The van der Waals surface area contributed by atoms with Gasteiger partial charge < -0.3 is 10.0 Å². The Kier molecular flexibility index (Phi) is 1.88. The second-order valence-corrected chi connectivity index (χ2v) is 4.82. The number of likely N-dealkylation sites (tertiary alicyclic amines) is 1. The summed E-state index contributed by atoms with van der Waals surface area (Å²) in [7, 11) is 0. The van der Waals surface area contributed by atoms with E-state index in [1.165, 1.54) is 12.8 Å². The molecular formula is C10H17NO2. The quantitative estimate of drug-likeness (QED) is 0.682. The molecule has 1 atom stereocenters. The Morgan fingerprint density at radius 2 is 2.08 bits per heavy atom. The number of rotatable bonds is 2.